The van der Waals surface area contributed by atoms with Gasteiger partial charge in [0.25, 0.3) is 0 Å². The fourth-order valence-electron chi connectivity index (χ4n) is 3.13. The predicted molar refractivity (Wildman–Crippen MR) is 111 cm³/mol. The van der Waals surface area contributed by atoms with Crippen molar-refractivity contribution in [1.82, 2.24) is 0 Å². The predicted octanol–water partition coefficient (Wildman–Crippen LogP) is -2.90. The first-order valence-electron chi connectivity index (χ1n) is 11.2. The fraction of sp³-hybridized carbons (Fsp3) is 0.857. The average molecular weight is 673 g/mol. The third-order valence-corrected chi connectivity index (χ3v) is 4.87. The van der Waals surface area contributed by atoms with Crippen LogP contribution < -0.4 is 21.7 Å². The molecule has 2 atom stereocenters. The number of hydrogen-bond donors (Lipinski definition) is 2. The Morgan fingerprint density at radius 1 is 0.647 bits per heavy atom. The van der Waals surface area contributed by atoms with Gasteiger partial charge in [-0.3, -0.25) is 5.92 Å². The number of aliphatic carboxylic acids is 2. The molecule has 1 aliphatic carbocycles. The number of nitrogens with two attached hydrogens (primary N) is 2. The van der Waals surface area contributed by atoms with E-state index in [1.54, 1.807) is 0 Å². The van der Waals surface area contributed by atoms with Crippen molar-refractivity contribution < 1.29 is 69.3 Å². The maximum atomic E-state index is 11.1. The van der Waals surface area contributed by atoms with Crippen LogP contribution in [0, 0.1) is 5.92 Å². The van der Waals surface area contributed by atoms with Crippen LogP contribution in [0.3, 0.4) is 0 Å². The van der Waals surface area contributed by atoms with E-state index < -0.39 is 24.1 Å². The van der Waals surface area contributed by atoms with Crippen LogP contribution >= 0.6 is 0 Å². The van der Waals surface area contributed by atoms with E-state index in [1.165, 1.54) is 25.2 Å². The van der Waals surface area contributed by atoms with Crippen LogP contribution in [0.5, 0.6) is 0 Å². The summed E-state index contributed by atoms with van der Waals surface area (Å²) in [4.78, 5) is 22.2. The summed E-state index contributed by atoms with van der Waals surface area (Å²) in [5.74, 6) is -2.06. The van der Waals surface area contributed by atoms with Gasteiger partial charge in [-0.2, -0.15) is 12.8 Å². The molecule has 1 saturated heterocycles. The summed E-state index contributed by atoms with van der Waals surface area (Å²) >= 11 is 0. The molecular weight excluding hydrogens is 635 g/mol. The van der Waals surface area contributed by atoms with Crippen LogP contribution in [0.4, 0.5) is 0 Å². The van der Waals surface area contributed by atoms with Crippen molar-refractivity contribution in [2.75, 3.05) is 66.1 Å². The number of ether oxygens (including phenoxy) is 6. The molecule has 0 bridgehead atoms. The van der Waals surface area contributed by atoms with Gasteiger partial charge in [0, 0.05) is 0 Å². The Kier molecular flexibility index (Phi) is 21.1. The van der Waals surface area contributed by atoms with E-state index >= 15 is 0 Å². The Labute approximate surface area is 215 Å². The number of carbonyl (C=O) groups is 2. The normalized spacial score (nSPS) is 25.0. The third-order valence-electron chi connectivity index (χ3n) is 4.87. The molecule has 2 rings (SSSR count). The molecule has 1 saturated carbocycles. The third kappa shape index (κ3) is 16.1. The standard InChI is InChI=1S/C14H24O10.C7H15N2.Pt/c15-13(16)11-12(14(17)18)24-10-8-22-6-4-20-2-1-19-3-5-21-7-9-23-11;8-7(9)6-4-2-1-3-5-6;/h11-12H,1-10H2,(H,15,16)(H,17,18);7H,1-5,8-9H2;/q;-1;+2/p-2/t11-,12+;;. The Balaban J connectivity index is 0.000000911. The Morgan fingerprint density at radius 2 is 0.971 bits per heavy atom. The van der Waals surface area contributed by atoms with Crippen LogP contribution in [0.1, 0.15) is 32.1 Å². The van der Waals surface area contributed by atoms with Gasteiger partial charge >= 0.3 is 21.1 Å². The van der Waals surface area contributed by atoms with Gasteiger partial charge < -0.3 is 59.7 Å². The molecular formula is C21H37N2O10Pt-. The van der Waals surface area contributed by atoms with Crippen LogP contribution in [-0.4, -0.2) is 96.4 Å². The van der Waals surface area contributed by atoms with E-state index in [4.69, 9.17) is 39.9 Å². The molecule has 1 heterocycles. The number of carboxylic acids is 2. The molecule has 12 nitrogen and oxygen atoms in total. The molecule has 0 aromatic rings. The van der Waals surface area contributed by atoms with Gasteiger partial charge in [0.05, 0.1) is 78.0 Å². The summed E-state index contributed by atoms with van der Waals surface area (Å²) in [6.45, 7) is 1.91. The maximum Gasteiger partial charge on any atom is 2.00 e. The van der Waals surface area contributed by atoms with Gasteiger partial charge in [-0.05, 0) is 0 Å². The summed E-state index contributed by atoms with van der Waals surface area (Å²) in [5, 5.41) is 22.2. The molecule has 0 aromatic carbocycles. The summed E-state index contributed by atoms with van der Waals surface area (Å²) in [7, 11) is 0. The van der Waals surface area contributed by atoms with Crippen LogP contribution in [0.15, 0.2) is 0 Å². The Morgan fingerprint density at radius 3 is 1.24 bits per heavy atom. The molecule has 0 spiro atoms. The van der Waals surface area contributed by atoms with Crippen LogP contribution in [0.2, 0.25) is 0 Å². The number of carboxylic acid groups (broad SMARTS) is 2. The van der Waals surface area contributed by atoms with Crippen molar-refractivity contribution in [2.45, 2.75) is 50.5 Å². The number of rotatable bonds is 3. The molecule has 0 aromatic heterocycles. The summed E-state index contributed by atoms with van der Waals surface area (Å²) in [6.07, 6.45) is 2.51. The van der Waals surface area contributed by atoms with Gasteiger partial charge in [0.1, 0.15) is 12.2 Å². The molecule has 13 heteroatoms. The largest absolute Gasteiger partial charge is 2.00 e. The van der Waals surface area contributed by atoms with Crippen molar-refractivity contribution in [3.63, 3.8) is 0 Å². The van der Waals surface area contributed by atoms with Crippen molar-refractivity contribution >= 4 is 11.9 Å². The van der Waals surface area contributed by atoms with Crippen molar-refractivity contribution in [3.8, 4) is 0 Å². The molecule has 0 radical (unpaired) electrons. The summed E-state index contributed by atoms with van der Waals surface area (Å²) in [6, 6.07) is 0. The van der Waals surface area contributed by atoms with E-state index in [9.17, 15) is 19.8 Å². The Hall–Kier alpha value is -0.692. The van der Waals surface area contributed by atoms with Crippen molar-refractivity contribution in [1.29, 1.82) is 0 Å². The second kappa shape index (κ2) is 21.6. The van der Waals surface area contributed by atoms with E-state index in [2.05, 4.69) is 0 Å². The van der Waals surface area contributed by atoms with Gasteiger partial charge in [0.15, 0.2) is 0 Å². The fourth-order valence-corrected chi connectivity index (χ4v) is 3.13. The molecule has 4 N–H and O–H groups in total. The zero-order valence-corrected chi connectivity index (χ0v) is 21.7. The zero-order chi connectivity index (χ0) is 24.3. The van der Waals surface area contributed by atoms with Crippen LogP contribution in [0.25, 0.3) is 0 Å². The van der Waals surface area contributed by atoms with Crippen molar-refractivity contribution in [2.24, 2.45) is 11.5 Å². The molecule has 0 amide bonds. The minimum Gasteiger partial charge on any atom is -0.547 e. The first-order chi connectivity index (χ1) is 15.9. The average Bonchev–Trinajstić information content (AvgIpc) is 2.79. The summed E-state index contributed by atoms with van der Waals surface area (Å²) < 4.78 is 30.8. The van der Waals surface area contributed by atoms with E-state index in [0.717, 1.165) is 12.8 Å². The van der Waals surface area contributed by atoms with Gasteiger partial charge in [-0.15, -0.1) is 0 Å². The topological polar surface area (TPSA) is 188 Å². The number of hydrogen-bond acceptors (Lipinski definition) is 12. The molecule has 2 aliphatic rings. The molecule has 2 fully saturated rings. The second-order valence-corrected chi connectivity index (χ2v) is 7.42. The van der Waals surface area contributed by atoms with Crippen molar-refractivity contribution in [3.05, 3.63) is 5.92 Å². The first kappa shape index (κ1) is 33.3. The molecule has 1 aliphatic heterocycles. The molecule has 202 valence electrons. The van der Waals surface area contributed by atoms with Gasteiger partial charge in [-0.25, -0.2) is 0 Å². The minimum atomic E-state index is -1.81. The molecule has 0 unspecified atom stereocenters. The van der Waals surface area contributed by atoms with Crippen LogP contribution in [-0.2, 0) is 59.1 Å². The Bertz CT molecular complexity index is 490. The maximum absolute atomic E-state index is 11.1. The monoisotopic (exact) mass is 672 g/mol. The zero-order valence-electron chi connectivity index (χ0n) is 19.4. The number of carbonyl (C=O) groups excluding carboxylic acids is 2. The second-order valence-electron chi connectivity index (χ2n) is 7.42. The quantitative estimate of drug-likeness (QED) is 0.231. The van der Waals surface area contributed by atoms with E-state index in [0.29, 0.717) is 26.4 Å². The van der Waals surface area contributed by atoms with Gasteiger partial charge in [-0.1, -0.05) is 25.4 Å². The summed E-state index contributed by atoms with van der Waals surface area (Å²) in [5.41, 5.74) is 11.0. The first-order valence-corrected chi connectivity index (χ1v) is 11.2. The smallest absolute Gasteiger partial charge is 0.547 e. The van der Waals surface area contributed by atoms with Gasteiger partial charge in [0.2, 0.25) is 0 Å². The van der Waals surface area contributed by atoms with E-state index in [-0.39, 0.29) is 66.9 Å². The SMILES string of the molecule is NC(N)[C-]1CCCCC1.O=C([O-])[C@H]1OCCOCCOCCOCCOCCO[C@H]1C(=O)[O-].[Pt+2]. The molecule has 34 heavy (non-hydrogen) atoms. The minimum absolute atomic E-state index is 0. The van der Waals surface area contributed by atoms with E-state index in [1.807, 2.05) is 0 Å².